The van der Waals surface area contributed by atoms with Gasteiger partial charge in [0.15, 0.2) is 0 Å². The van der Waals surface area contributed by atoms with Crippen molar-refractivity contribution in [1.82, 2.24) is 14.9 Å². The van der Waals surface area contributed by atoms with Crippen LogP contribution < -0.4 is 5.32 Å². The van der Waals surface area contributed by atoms with E-state index in [1.807, 2.05) is 48.1 Å². The van der Waals surface area contributed by atoms with E-state index >= 15 is 0 Å². The number of aromatic nitrogens is 2. The third-order valence-electron chi connectivity index (χ3n) is 3.70. The van der Waals surface area contributed by atoms with Crippen molar-refractivity contribution in [3.05, 3.63) is 53.4 Å². The summed E-state index contributed by atoms with van der Waals surface area (Å²) in [5, 5.41) is 4.24. The number of rotatable bonds is 5. The Morgan fingerprint density at radius 3 is 2.91 bits per heavy atom. The molecule has 0 saturated carbocycles. The first-order valence-electron chi connectivity index (χ1n) is 7.45. The predicted molar refractivity (Wildman–Crippen MR) is 90.1 cm³/mol. The van der Waals surface area contributed by atoms with Crippen LogP contribution in [-0.4, -0.2) is 15.5 Å². The number of benzene rings is 1. The van der Waals surface area contributed by atoms with Gasteiger partial charge in [-0.3, -0.25) is 4.79 Å². The smallest absolute Gasteiger partial charge is 0.261 e. The maximum Gasteiger partial charge on any atom is 0.261 e. The molecule has 0 spiro atoms. The molecule has 0 bridgehead atoms. The first kappa shape index (κ1) is 14.8. The molecule has 0 aliphatic rings. The predicted octanol–water partition coefficient (Wildman–Crippen LogP) is 3.91. The van der Waals surface area contributed by atoms with Crippen LogP contribution in [0.4, 0.5) is 0 Å². The molecule has 22 heavy (non-hydrogen) atoms. The summed E-state index contributed by atoms with van der Waals surface area (Å²) in [6.45, 7) is 2.11. The third-order valence-corrected chi connectivity index (χ3v) is 4.82. The van der Waals surface area contributed by atoms with Gasteiger partial charge < -0.3 is 9.88 Å². The summed E-state index contributed by atoms with van der Waals surface area (Å²) in [6, 6.07) is 9.96. The zero-order chi connectivity index (χ0) is 15.5. The Hall–Kier alpha value is -2.14. The van der Waals surface area contributed by atoms with E-state index in [4.69, 9.17) is 0 Å². The molecule has 5 heteroatoms. The lowest BCUT2D eigenvalue weighted by molar-refractivity contribution is 0.0936. The van der Waals surface area contributed by atoms with E-state index in [0.29, 0.717) is 0 Å². The number of amides is 1. The molecule has 0 saturated heterocycles. The molecule has 2 heterocycles. The van der Waals surface area contributed by atoms with Crippen molar-refractivity contribution in [2.45, 2.75) is 25.8 Å². The molecule has 0 aliphatic carbocycles. The maximum atomic E-state index is 12.6. The van der Waals surface area contributed by atoms with Gasteiger partial charge in [0, 0.05) is 24.1 Å². The maximum absolute atomic E-state index is 12.6. The molecule has 114 valence electrons. The van der Waals surface area contributed by atoms with Crippen molar-refractivity contribution in [1.29, 1.82) is 0 Å². The van der Waals surface area contributed by atoms with Gasteiger partial charge in [-0.25, -0.2) is 4.98 Å². The largest absolute Gasteiger partial charge is 0.341 e. The van der Waals surface area contributed by atoms with E-state index in [1.165, 1.54) is 11.3 Å². The van der Waals surface area contributed by atoms with Gasteiger partial charge in [0.05, 0.1) is 10.9 Å². The van der Waals surface area contributed by atoms with Gasteiger partial charge >= 0.3 is 0 Å². The molecular weight excluding hydrogens is 294 g/mol. The van der Waals surface area contributed by atoms with Gasteiger partial charge in [-0.05, 0) is 23.9 Å². The second-order valence-corrected chi connectivity index (χ2v) is 6.44. The number of aryl methyl sites for hydroxylation is 1. The van der Waals surface area contributed by atoms with Crippen LogP contribution in [0.1, 0.15) is 41.3 Å². The molecule has 0 aliphatic heterocycles. The fourth-order valence-corrected chi connectivity index (χ4v) is 3.56. The van der Waals surface area contributed by atoms with E-state index in [2.05, 4.69) is 17.2 Å². The Labute approximate surface area is 133 Å². The number of nitrogens with one attached hydrogen (secondary N) is 1. The Morgan fingerprint density at radius 1 is 1.41 bits per heavy atom. The van der Waals surface area contributed by atoms with Crippen LogP contribution in [0.15, 0.2) is 42.7 Å². The zero-order valence-corrected chi connectivity index (χ0v) is 13.6. The fraction of sp³-hybridized carbons (Fsp3) is 0.294. The number of carbonyl (C=O) groups excluding carboxylic acids is 1. The van der Waals surface area contributed by atoms with Crippen LogP contribution in [0.2, 0.25) is 0 Å². The standard InChI is InChI=1S/C17H19N3OS/c1-3-6-13(16-18-9-10-20(16)2)19-17(21)15-11-12-7-4-5-8-14(12)22-15/h4-5,7-11,13H,3,6H2,1-2H3,(H,19,21)/t13-/m0/s1. The number of hydrogen-bond acceptors (Lipinski definition) is 3. The molecule has 4 nitrogen and oxygen atoms in total. The topological polar surface area (TPSA) is 46.9 Å². The van der Waals surface area contributed by atoms with E-state index in [0.717, 1.165) is 33.6 Å². The van der Waals surface area contributed by atoms with Crippen molar-refractivity contribution in [3.63, 3.8) is 0 Å². The van der Waals surface area contributed by atoms with Crippen molar-refractivity contribution in [2.75, 3.05) is 0 Å². The minimum atomic E-state index is -0.0530. The highest BCUT2D eigenvalue weighted by Crippen LogP contribution is 2.26. The van der Waals surface area contributed by atoms with Crippen LogP contribution in [0, 0.1) is 0 Å². The van der Waals surface area contributed by atoms with Crippen LogP contribution in [0.5, 0.6) is 0 Å². The number of thiophene rings is 1. The summed E-state index contributed by atoms with van der Waals surface area (Å²) in [4.78, 5) is 17.7. The van der Waals surface area contributed by atoms with Gasteiger partial charge in [0.1, 0.15) is 5.82 Å². The number of hydrogen-bond donors (Lipinski definition) is 1. The van der Waals surface area contributed by atoms with Gasteiger partial charge in [0.25, 0.3) is 5.91 Å². The fourth-order valence-electron chi connectivity index (χ4n) is 2.59. The Kier molecular flexibility index (Phi) is 4.24. The molecular formula is C17H19N3OS. The number of fused-ring (bicyclic) bond motifs is 1. The van der Waals surface area contributed by atoms with Crippen LogP contribution in [0.3, 0.4) is 0 Å². The van der Waals surface area contributed by atoms with Crippen LogP contribution in [0.25, 0.3) is 10.1 Å². The Bertz CT molecular complexity index is 757. The molecule has 1 atom stereocenters. The van der Waals surface area contributed by atoms with Crippen molar-refractivity contribution in [2.24, 2.45) is 7.05 Å². The van der Waals surface area contributed by atoms with Crippen molar-refractivity contribution in [3.8, 4) is 0 Å². The summed E-state index contributed by atoms with van der Waals surface area (Å²) in [6.07, 6.45) is 5.54. The average molecular weight is 313 g/mol. The number of nitrogens with zero attached hydrogens (tertiary/aromatic N) is 2. The first-order valence-corrected chi connectivity index (χ1v) is 8.27. The number of imidazole rings is 1. The summed E-state index contributed by atoms with van der Waals surface area (Å²) in [7, 11) is 1.95. The highest BCUT2D eigenvalue weighted by atomic mass is 32.1. The number of carbonyl (C=O) groups is 1. The lowest BCUT2D eigenvalue weighted by atomic mass is 10.1. The minimum Gasteiger partial charge on any atom is -0.341 e. The molecule has 0 radical (unpaired) electrons. The van der Waals surface area contributed by atoms with Crippen LogP contribution in [-0.2, 0) is 7.05 Å². The normalized spacial score (nSPS) is 12.5. The molecule has 2 aromatic heterocycles. The van der Waals surface area contributed by atoms with Crippen molar-refractivity contribution < 1.29 is 4.79 Å². The van der Waals surface area contributed by atoms with Crippen LogP contribution >= 0.6 is 11.3 Å². The molecule has 1 amide bonds. The molecule has 1 N–H and O–H groups in total. The van der Waals surface area contributed by atoms with Gasteiger partial charge in [-0.15, -0.1) is 11.3 Å². The molecule has 0 fully saturated rings. The van der Waals surface area contributed by atoms with Gasteiger partial charge in [0.2, 0.25) is 0 Å². The quantitative estimate of drug-likeness (QED) is 0.776. The second-order valence-electron chi connectivity index (χ2n) is 5.36. The summed E-state index contributed by atoms with van der Waals surface area (Å²) >= 11 is 1.53. The summed E-state index contributed by atoms with van der Waals surface area (Å²) in [5.41, 5.74) is 0. The average Bonchev–Trinajstić information content (AvgIpc) is 3.12. The minimum absolute atomic E-state index is 0.0253. The van der Waals surface area contributed by atoms with Gasteiger partial charge in [-0.1, -0.05) is 31.5 Å². The van der Waals surface area contributed by atoms with E-state index < -0.39 is 0 Å². The molecule has 0 unspecified atom stereocenters. The van der Waals surface area contributed by atoms with E-state index in [1.54, 1.807) is 6.20 Å². The zero-order valence-electron chi connectivity index (χ0n) is 12.7. The lowest BCUT2D eigenvalue weighted by Gasteiger charge is -2.17. The second kappa shape index (κ2) is 6.32. The SMILES string of the molecule is CCC[C@H](NC(=O)c1cc2ccccc2s1)c1nccn1C. The third kappa shape index (κ3) is 2.90. The first-order chi connectivity index (χ1) is 10.7. The van der Waals surface area contributed by atoms with Crippen molar-refractivity contribution >= 4 is 27.3 Å². The highest BCUT2D eigenvalue weighted by Gasteiger charge is 2.19. The molecule has 1 aromatic carbocycles. The van der Waals surface area contributed by atoms with E-state index in [9.17, 15) is 4.79 Å². The lowest BCUT2D eigenvalue weighted by Crippen LogP contribution is -2.29. The highest BCUT2D eigenvalue weighted by molar-refractivity contribution is 7.20. The van der Waals surface area contributed by atoms with Gasteiger partial charge in [-0.2, -0.15) is 0 Å². The Morgan fingerprint density at radius 2 is 2.23 bits per heavy atom. The molecule has 3 rings (SSSR count). The molecule has 3 aromatic rings. The van der Waals surface area contributed by atoms with E-state index in [-0.39, 0.29) is 11.9 Å². The monoisotopic (exact) mass is 313 g/mol. The Balaban J connectivity index is 1.83. The summed E-state index contributed by atoms with van der Waals surface area (Å²) < 4.78 is 3.10. The summed E-state index contributed by atoms with van der Waals surface area (Å²) in [5.74, 6) is 0.874.